The summed E-state index contributed by atoms with van der Waals surface area (Å²) in [5, 5.41) is 17.5. The zero-order valence-electron chi connectivity index (χ0n) is 21.5. The van der Waals surface area contributed by atoms with Crippen LogP contribution in [-0.2, 0) is 11.3 Å². The molecule has 1 aromatic rings. The van der Waals surface area contributed by atoms with Crippen LogP contribution in [-0.4, -0.2) is 36.2 Å². The summed E-state index contributed by atoms with van der Waals surface area (Å²) in [4.78, 5) is 23.3. The van der Waals surface area contributed by atoms with Crippen molar-refractivity contribution in [3.8, 4) is 0 Å². The van der Waals surface area contributed by atoms with E-state index in [1.54, 1.807) is 0 Å². The van der Waals surface area contributed by atoms with E-state index in [4.69, 9.17) is 5.11 Å². The van der Waals surface area contributed by atoms with Gasteiger partial charge < -0.3 is 21.1 Å². The SMILES string of the molecule is CCCCCCCCCCCCCCNC(=O)[C@H](CCCCNC(=O)O)NCc1ccccc1. The second-order valence-electron chi connectivity index (χ2n) is 9.33. The van der Waals surface area contributed by atoms with Gasteiger partial charge in [-0.2, -0.15) is 0 Å². The van der Waals surface area contributed by atoms with E-state index in [2.05, 4.69) is 22.9 Å². The van der Waals surface area contributed by atoms with Crippen LogP contribution in [0.25, 0.3) is 0 Å². The molecule has 0 saturated carbocycles. The maximum absolute atomic E-state index is 12.8. The lowest BCUT2D eigenvalue weighted by Gasteiger charge is -2.19. The zero-order chi connectivity index (χ0) is 24.7. The summed E-state index contributed by atoms with van der Waals surface area (Å²) in [7, 11) is 0. The van der Waals surface area contributed by atoms with Crippen molar-refractivity contribution in [3.63, 3.8) is 0 Å². The van der Waals surface area contributed by atoms with Crippen LogP contribution in [0.15, 0.2) is 30.3 Å². The maximum Gasteiger partial charge on any atom is 0.404 e. The highest BCUT2D eigenvalue weighted by Gasteiger charge is 2.17. The molecule has 6 nitrogen and oxygen atoms in total. The van der Waals surface area contributed by atoms with Crippen LogP contribution in [0.3, 0.4) is 0 Å². The molecular weight excluding hydrogens is 426 g/mol. The van der Waals surface area contributed by atoms with Crippen molar-refractivity contribution < 1.29 is 14.7 Å². The molecule has 0 radical (unpaired) electrons. The first kappa shape index (κ1) is 30.0. The maximum atomic E-state index is 12.8. The van der Waals surface area contributed by atoms with E-state index in [0.29, 0.717) is 19.5 Å². The molecule has 0 saturated heterocycles. The number of unbranched alkanes of at least 4 members (excludes halogenated alkanes) is 12. The van der Waals surface area contributed by atoms with E-state index in [0.717, 1.165) is 31.4 Å². The van der Waals surface area contributed by atoms with Gasteiger partial charge in [-0.25, -0.2) is 4.79 Å². The van der Waals surface area contributed by atoms with Crippen molar-refractivity contribution in [3.05, 3.63) is 35.9 Å². The van der Waals surface area contributed by atoms with Gasteiger partial charge in [-0.3, -0.25) is 4.79 Å². The Morgan fingerprint density at radius 2 is 1.26 bits per heavy atom. The lowest BCUT2D eigenvalue weighted by atomic mass is 10.1. The molecule has 194 valence electrons. The van der Waals surface area contributed by atoms with E-state index in [-0.39, 0.29) is 11.9 Å². The van der Waals surface area contributed by atoms with Gasteiger partial charge in [-0.1, -0.05) is 108 Å². The molecule has 1 aromatic carbocycles. The summed E-state index contributed by atoms with van der Waals surface area (Å²) < 4.78 is 0. The van der Waals surface area contributed by atoms with Crippen molar-refractivity contribution in [1.82, 2.24) is 16.0 Å². The predicted molar refractivity (Wildman–Crippen MR) is 141 cm³/mol. The fourth-order valence-corrected chi connectivity index (χ4v) is 4.13. The fourth-order valence-electron chi connectivity index (χ4n) is 4.13. The second kappa shape index (κ2) is 21.5. The van der Waals surface area contributed by atoms with Gasteiger partial charge in [0.1, 0.15) is 0 Å². The fraction of sp³-hybridized carbons (Fsp3) is 0.714. The van der Waals surface area contributed by atoms with Crippen molar-refractivity contribution in [1.29, 1.82) is 0 Å². The Kier molecular flexibility index (Phi) is 18.9. The molecule has 6 heteroatoms. The van der Waals surface area contributed by atoms with Crippen molar-refractivity contribution in [2.45, 2.75) is 116 Å². The van der Waals surface area contributed by atoms with Crippen molar-refractivity contribution in [2.24, 2.45) is 0 Å². The molecule has 0 fully saturated rings. The Morgan fingerprint density at radius 3 is 1.85 bits per heavy atom. The standard InChI is InChI=1S/C28H49N3O3/c1-2-3-4-5-6-7-8-9-10-11-12-17-22-29-27(32)26(21-16-18-23-30-28(33)34)31-24-25-19-14-13-15-20-25/h13-15,19-20,26,30-31H,2-12,16-18,21-24H2,1H3,(H,29,32)(H,33,34)/t26-/m0/s1. The van der Waals surface area contributed by atoms with Gasteiger partial charge in [0.15, 0.2) is 0 Å². The van der Waals surface area contributed by atoms with E-state index in [9.17, 15) is 9.59 Å². The van der Waals surface area contributed by atoms with E-state index < -0.39 is 6.09 Å². The highest BCUT2D eigenvalue weighted by atomic mass is 16.4. The Morgan fingerprint density at radius 1 is 0.735 bits per heavy atom. The second-order valence-corrected chi connectivity index (χ2v) is 9.33. The number of carbonyl (C=O) groups is 2. The minimum Gasteiger partial charge on any atom is -0.465 e. The van der Waals surface area contributed by atoms with E-state index in [1.165, 1.54) is 70.6 Å². The molecule has 0 bridgehead atoms. The predicted octanol–water partition coefficient (Wildman–Crippen LogP) is 6.40. The minimum absolute atomic E-state index is 0.0465. The molecule has 0 aliphatic rings. The molecule has 1 atom stereocenters. The zero-order valence-corrected chi connectivity index (χ0v) is 21.5. The third-order valence-corrected chi connectivity index (χ3v) is 6.24. The summed E-state index contributed by atoms with van der Waals surface area (Å²) in [6.07, 6.45) is 16.9. The summed E-state index contributed by atoms with van der Waals surface area (Å²) in [6, 6.07) is 9.81. The van der Waals surface area contributed by atoms with Gasteiger partial charge in [-0.15, -0.1) is 0 Å². The highest BCUT2D eigenvalue weighted by Crippen LogP contribution is 2.12. The minimum atomic E-state index is -1.00. The number of hydrogen-bond donors (Lipinski definition) is 4. The monoisotopic (exact) mass is 475 g/mol. The molecule has 2 amide bonds. The molecule has 0 unspecified atom stereocenters. The first-order valence-electron chi connectivity index (χ1n) is 13.6. The summed E-state index contributed by atoms with van der Waals surface area (Å²) >= 11 is 0. The van der Waals surface area contributed by atoms with Crippen LogP contribution in [0, 0.1) is 0 Å². The third kappa shape index (κ3) is 17.4. The smallest absolute Gasteiger partial charge is 0.404 e. The van der Waals surface area contributed by atoms with Crippen LogP contribution in [0.5, 0.6) is 0 Å². The van der Waals surface area contributed by atoms with Gasteiger partial charge >= 0.3 is 6.09 Å². The number of rotatable bonds is 22. The average Bonchev–Trinajstić information content (AvgIpc) is 2.84. The first-order valence-corrected chi connectivity index (χ1v) is 13.6. The third-order valence-electron chi connectivity index (χ3n) is 6.24. The molecule has 0 aliphatic heterocycles. The van der Waals surface area contributed by atoms with Crippen LogP contribution >= 0.6 is 0 Å². The van der Waals surface area contributed by atoms with Gasteiger partial charge in [0, 0.05) is 19.6 Å². The topological polar surface area (TPSA) is 90.5 Å². The van der Waals surface area contributed by atoms with Gasteiger partial charge in [-0.05, 0) is 31.2 Å². The van der Waals surface area contributed by atoms with Crippen LogP contribution < -0.4 is 16.0 Å². The molecule has 34 heavy (non-hydrogen) atoms. The van der Waals surface area contributed by atoms with Crippen LogP contribution in [0.1, 0.15) is 109 Å². The average molecular weight is 476 g/mol. The number of hydrogen-bond acceptors (Lipinski definition) is 3. The van der Waals surface area contributed by atoms with E-state index >= 15 is 0 Å². The normalized spacial score (nSPS) is 11.8. The number of benzene rings is 1. The number of carbonyl (C=O) groups excluding carboxylic acids is 1. The van der Waals surface area contributed by atoms with Crippen LogP contribution in [0.2, 0.25) is 0 Å². The highest BCUT2D eigenvalue weighted by molar-refractivity contribution is 5.81. The lowest BCUT2D eigenvalue weighted by Crippen LogP contribution is -2.44. The molecule has 4 N–H and O–H groups in total. The number of amides is 2. The molecular formula is C28H49N3O3. The Bertz CT molecular complexity index is 625. The lowest BCUT2D eigenvalue weighted by molar-refractivity contribution is -0.123. The van der Waals surface area contributed by atoms with Crippen LogP contribution in [0.4, 0.5) is 4.79 Å². The summed E-state index contributed by atoms with van der Waals surface area (Å²) in [5.41, 5.74) is 1.15. The Balaban J connectivity index is 2.17. The van der Waals surface area contributed by atoms with Crippen molar-refractivity contribution in [2.75, 3.05) is 13.1 Å². The largest absolute Gasteiger partial charge is 0.465 e. The van der Waals surface area contributed by atoms with Gasteiger partial charge in [0.05, 0.1) is 6.04 Å². The molecule has 0 spiro atoms. The summed E-state index contributed by atoms with van der Waals surface area (Å²) in [5.74, 6) is 0.0465. The van der Waals surface area contributed by atoms with Crippen molar-refractivity contribution >= 4 is 12.0 Å². The quantitative estimate of drug-likeness (QED) is 0.146. The molecule has 0 aliphatic carbocycles. The number of nitrogens with one attached hydrogen (secondary N) is 3. The Labute approximate surface area is 207 Å². The summed E-state index contributed by atoms with van der Waals surface area (Å²) in [6.45, 7) is 4.05. The molecule has 0 aromatic heterocycles. The van der Waals surface area contributed by atoms with Gasteiger partial charge in [0.2, 0.25) is 5.91 Å². The molecule has 0 heterocycles. The van der Waals surface area contributed by atoms with E-state index in [1.807, 2.05) is 30.3 Å². The molecule has 1 rings (SSSR count). The number of carboxylic acid groups (broad SMARTS) is 1. The van der Waals surface area contributed by atoms with Gasteiger partial charge in [0.25, 0.3) is 0 Å². The first-order chi connectivity index (χ1) is 16.6. The Hall–Kier alpha value is -2.08.